The van der Waals surface area contributed by atoms with Crippen molar-refractivity contribution < 1.29 is 0 Å². The van der Waals surface area contributed by atoms with E-state index in [0.717, 1.165) is 18.5 Å². The van der Waals surface area contributed by atoms with Gasteiger partial charge >= 0.3 is 0 Å². The molecular weight excluding hydrogens is 234 g/mol. The van der Waals surface area contributed by atoms with Crippen molar-refractivity contribution in [2.45, 2.75) is 31.6 Å². The van der Waals surface area contributed by atoms with Crippen molar-refractivity contribution in [3.63, 3.8) is 0 Å². The topological polar surface area (TPSA) is 51.8 Å². The number of hydrogen-bond acceptors (Lipinski definition) is 3. The summed E-state index contributed by atoms with van der Waals surface area (Å²) in [6.07, 6.45) is 6.35. The molecule has 1 aromatic carbocycles. The summed E-state index contributed by atoms with van der Waals surface area (Å²) in [5, 5.41) is 0. The number of hydrogen-bond donors (Lipinski definition) is 1. The van der Waals surface area contributed by atoms with Crippen LogP contribution in [0.5, 0.6) is 0 Å². The quantitative estimate of drug-likeness (QED) is 0.914. The maximum absolute atomic E-state index is 6.01. The van der Waals surface area contributed by atoms with E-state index in [1.54, 1.807) is 6.33 Å². The third kappa shape index (κ3) is 2.38. The van der Waals surface area contributed by atoms with Crippen LogP contribution in [0.25, 0.3) is 0 Å². The minimum Gasteiger partial charge on any atom is -0.329 e. The summed E-state index contributed by atoms with van der Waals surface area (Å²) in [6.45, 7) is 0.591. The predicted octanol–water partition coefficient (Wildman–Crippen LogP) is 2.45. The van der Waals surface area contributed by atoms with Crippen LogP contribution >= 0.6 is 0 Å². The molecule has 98 valence electrons. The highest BCUT2D eigenvalue weighted by Crippen LogP contribution is 2.29. The standard InChI is InChI=1S/C16H19N3/c17-10-14(12-6-2-1-3-7-12)16-13-8-4-5-9-15(13)18-11-19-16/h1-3,6-7,11,14H,4-5,8-10,17H2. The molecule has 0 radical (unpaired) electrons. The van der Waals surface area contributed by atoms with Gasteiger partial charge in [-0.2, -0.15) is 0 Å². The summed E-state index contributed by atoms with van der Waals surface area (Å²) < 4.78 is 0. The smallest absolute Gasteiger partial charge is 0.115 e. The molecule has 1 aromatic heterocycles. The molecule has 1 heterocycles. The van der Waals surface area contributed by atoms with E-state index in [2.05, 4.69) is 34.2 Å². The molecule has 0 bridgehead atoms. The van der Waals surface area contributed by atoms with Gasteiger partial charge in [-0.3, -0.25) is 0 Å². The Bertz CT molecular complexity index is 551. The average molecular weight is 253 g/mol. The van der Waals surface area contributed by atoms with Gasteiger partial charge in [0.2, 0.25) is 0 Å². The number of aromatic nitrogens is 2. The summed E-state index contributed by atoms with van der Waals surface area (Å²) in [7, 11) is 0. The monoisotopic (exact) mass is 253 g/mol. The molecule has 1 aliphatic rings. The van der Waals surface area contributed by atoms with Gasteiger partial charge in [-0.25, -0.2) is 9.97 Å². The Kier molecular flexibility index (Phi) is 3.56. The fourth-order valence-corrected chi connectivity index (χ4v) is 2.94. The van der Waals surface area contributed by atoms with Crippen molar-refractivity contribution in [3.8, 4) is 0 Å². The van der Waals surface area contributed by atoms with Gasteiger partial charge in [0.25, 0.3) is 0 Å². The van der Waals surface area contributed by atoms with Crippen LogP contribution in [0, 0.1) is 0 Å². The Hall–Kier alpha value is -1.74. The van der Waals surface area contributed by atoms with Gasteiger partial charge in [0.15, 0.2) is 0 Å². The Morgan fingerprint density at radius 3 is 2.63 bits per heavy atom. The summed E-state index contributed by atoms with van der Waals surface area (Å²) in [4.78, 5) is 8.99. The summed E-state index contributed by atoms with van der Waals surface area (Å²) >= 11 is 0. The fraction of sp³-hybridized carbons (Fsp3) is 0.375. The molecule has 0 spiro atoms. The Morgan fingerprint density at radius 2 is 1.84 bits per heavy atom. The van der Waals surface area contributed by atoms with Gasteiger partial charge in [0.1, 0.15) is 6.33 Å². The molecule has 0 saturated carbocycles. The van der Waals surface area contributed by atoms with E-state index in [0.29, 0.717) is 6.54 Å². The zero-order chi connectivity index (χ0) is 13.1. The van der Waals surface area contributed by atoms with Crippen molar-refractivity contribution in [2.24, 2.45) is 5.73 Å². The molecule has 1 unspecified atom stereocenters. The van der Waals surface area contributed by atoms with E-state index in [1.807, 2.05) is 6.07 Å². The molecule has 2 N–H and O–H groups in total. The maximum atomic E-state index is 6.01. The van der Waals surface area contributed by atoms with Gasteiger partial charge in [-0.1, -0.05) is 30.3 Å². The zero-order valence-corrected chi connectivity index (χ0v) is 11.0. The third-order valence-electron chi connectivity index (χ3n) is 3.93. The Balaban J connectivity index is 2.05. The van der Waals surface area contributed by atoms with Crippen LogP contribution in [0.3, 0.4) is 0 Å². The van der Waals surface area contributed by atoms with Crippen LogP contribution in [-0.4, -0.2) is 16.5 Å². The van der Waals surface area contributed by atoms with E-state index in [-0.39, 0.29) is 5.92 Å². The van der Waals surface area contributed by atoms with E-state index in [9.17, 15) is 0 Å². The number of nitrogens with two attached hydrogens (primary N) is 1. The molecule has 3 rings (SSSR count). The molecule has 1 atom stereocenters. The van der Waals surface area contributed by atoms with Crippen LogP contribution < -0.4 is 5.73 Å². The van der Waals surface area contributed by atoms with Gasteiger partial charge in [0.05, 0.1) is 5.69 Å². The van der Waals surface area contributed by atoms with Crippen LogP contribution in [-0.2, 0) is 12.8 Å². The van der Waals surface area contributed by atoms with Gasteiger partial charge in [-0.05, 0) is 36.8 Å². The lowest BCUT2D eigenvalue weighted by atomic mass is 9.87. The number of aryl methyl sites for hydroxylation is 1. The van der Waals surface area contributed by atoms with Gasteiger partial charge in [0, 0.05) is 18.2 Å². The van der Waals surface area contributed by atoms with Crippen LogP contribution in [0.15, 0.2) is 36.7 Å². The summed E-state index contributed by atoms with van der Waals surface area (Å²) in [6, 6.07) is 10.4. The normalized spacial score (nSPS) is 15.8. The first-order valence-corrected chi connectivity index (χ1v) is 6.98. The lowest BCUT2D eigenvalue weighted by Crippen LogP contribution is -2.20. The lowest BCUT2D eigenvalue weighted by molar-refractivity contribution is 0.638. The predicted molar refractivity (Wildman–Crippen MR) is 76.0 cm³/mol. The minimum atomic E-state index is 0.191. The highest BCUT2D eigenvalue weighted by molar-refractivity contribution is 5.36. The number of benzene rings is 1. The molecule has 3 heteroatoms. The molecule has 0 aliphatic heterocycles. The van der Waals surface area contributed by atoms with E-state index >= 15 is 0 Å². The Morgan fingerprint density at radius 1 is 1.05 bits per heavy atom. The molecule has 1 aliphatic carbocycles. The first kappa shape index (κ1) is 12.3. The first-order valence-electron chi connectivity index (χ1n) is 6.98. The van der Waals surface area contributed by atoms with Crippen LogP contribution in [0.1, 0.15) is 41.3 Å². The molecule has 0 saturated heterocycles. The summed E-state index contributed by atoms with van der Waals surface area (Å²) in [5.41, 5.74) is 11.0. The highest BCUT2D eigenvalue weighted by atomic mass is 14.9. The first-order chi connectivity index (χ1) is 9.40. The van der Waals surface area contributed by atoms with E-state index in [4.69, 9.17) is 5.73 Å². The van der Waals surface area contributed by atoms with Crippen molar-refractivity contribution in [1.82, 2.24) is 9.97 Å². The second-order valence-electron chi connectivity index (χ2n) is 5.09. The maximum Gasteiger partial charge on any atom is 0.115 e. The molecule has 2 aromatic rings. The Labute approximate surface area is 113 Å². The zero-order valence-electron chi connectivity index (χ0n) is 11.0. The second-order valence-corrected chi connectivity index (χ2v) is 5.09. The lowest BCUT2D eigenvalue weighted by Gasteiger charge is -2.22. The third-order valence-corrected chi connectivity index (χ3v) is 3.93. The van der Waals surface area contributed by atoms with Crippen molar-refractivity contribution >= 4 is 0 Å². The average Bonchev–Trinajstić information content (AvgIpc) is 2.49. The van der Waals surface area contributed by atoms with Crippen LogP contribution in [0.2, 0.25) is 0 Å². The molecular formula is C16H19N3. The van der Waals surface area contributed by atoms with E-state index < -0.39 is 0 Å². The molecule has 0 fully saturated rings. The molecule has 19 heavy (non-hydrogen) atoms. The molecule has 0 amide bonds. The summed E-state index contributed by atoms with van der Waals surface area (Å²) in [5.74, 6) is 0.191. The van der Waals surface area contributed by atoms with Crippen molar-refractivity contribution in [1.29, 1.82) is 0 Å². The molecule has 3 nitrogen and oxygen atoms in total. The van der Waals surface area contributed by atoms with Crippen molar-refractivity contribution in [2.75, 3.05) is 6.54 Å². The largest absolute Gasteiger partial charge is 0.329 e. The number of rotatable bonds is 3. The van der Waals surface area contributed by atoms with E-state index in [1.165, 1.54) is 29.7 Å². The van der Waals surface area contributed by atoms with Gasteiger partial charge in [-0.15, -0.1) is 0 Å². The van der Waals surface area contributed by atoms with Crippen molar-refractivity contribution in [3.05, 3.63) is 59.2 Å². The minimum absolute atomic E-state index is 0.191. The number of fused-ring (bicyclic) bond motifs is 1. The number of nitrogens with zero attached hydrogens (tertiary/aromatic N) is 2. The van der Waals surface area contributed by atoms with Crippen LogP contribution in [0.4, 0.5) is 0 Å². The fourth-order valence-electron chi connectivity index (χ4n) is 2.94. The van der Waals surface area contributed by atoms with Gasteiger partial charge < -0.3 is 5.73 Å². The SMILES string of the molecule is NCC(c1ccccc1)c1ncnc2c1CCCC2. The second kappa shape index (κ2) is 5.49. The highest BCUT2D eigenvalue weighted by Gasteiger charge is 2.22.